The van der Waals surface area contributed by atoms with Crippen LogP contribution in [0.1, 0.15) is 36.2 Å². The van der Waals surface area contributed by atoms with Gasteiger partial charge in [0.25, 0.3) is 0 Å². The van der Waals surface area contributed by atoms with Crippen LogP contribution >= 0.6 is 11.6 Å². The van der Waals surface area contributed by atoms with E-state index in [1.165, 1.54) is 16.7 Å². The SMILES string of the molecule is CCNCc1ccc(Cl)cc1Cc1ccc(CC)cn1. The Morgan fingerprint density at radius 3 is 2.60 bits per heavy atom. The van der Waals surface area contributed by atoms with Gasteiger partial charge < -0.3 is 5.32 Å². The van der Waals surface area contributed by atoms with Crippen LogP contribution in [0.25, 0.3) is 0 Å². The number of aromatic nitrogens is 1. The number of benzene rings is 1. The Morgan fingerprint density at radius 1 is 1.10 bits per heavy atom. The number of nitrogens with zero attached hydrogens (tertiary/aromatic N) is 1. The lowest BCUT2D eigenvalue weighted by Crippen LogP contribution is -2.13. The highest BCUT2D eigenvalue weighted by atomic mass is 35.5. The highest BCUT2D eigenvalue weighted by molar-refractivity contribution is 6.30. The van der Waals surface area contributed by atoms with Crippen molar-refractivity contribution in [2.45, 2.75) is 33.2 Å². The fraction of sp³-hybridized carbons (Fsp3) is 0.353. The maximum atomic E-state index is 6.12. The number of rotatable bonds is 6. The highest BCUT2D eigenvalue weighted by Gasteiger charge is 2.05. The van der Waals surface area contributed by atoms with Gasteiger partial charge in [0.05, 0.1) is 0 Å². The van der Waals surface area contributed by atoms with Gasteiger partial charge in [0, 0.05) is 29.9 Å². The van der Waals surface area contributed by atoms with Gasteiger partial charge in [0.1, 0.15) is 0 Å². The summed E-state index contributed by atoms with van der Waals surface area (Å²) < 4.78 is 0. The molecule has 0 amide bonds. The number of pyridine rings is 1. The summed E-state index contributed by atoms with van der Waals surface area (Å²) in [4.78, 5) is 4.53. The molecule has 0 atom stereocenters. The zero-order chi connectivity index (χ0) is 14.4. The predicted molar refractivity (Wildman–Crippen MR) is 85.3 cm³/mol. The summed E-state index contributed by atoms with van der Waals surface area (Å²) in [6.45, 7) is 6.09. The third-order valence-corrected chi connectivity index (χ3v) is 3.63. The molecule has 0 aliphatic rings. The smallest absolute Gasteiger partial charge is 0.0447 e. The average molecular weight is 289 g/mol. The van der Waals surface area contributed by atoms with E-state index in [1.807, 2.05) is 18.3 Å². The second kappa shape index (κ2) is 7.41. The molecule has 0 aliphatic carbocycles. The Hall–Kier alpha value is -1.38. The highest BCUT2D eigenvalue weighted by Crippen LogP contribution is 2.19. The van der Waals surface area contributed by atoms with Gasteiger partial charge in [-0.15, -0.1) is 0 Å². The van der Waals surface area contributed by atoms with Crippen molar-refractivity contribution < 1.29 is 0 Å². The second-order valence-electron chi connectivity index (χ2n) is 4.88. The van der Waals surface area contributed by atoms with Crippen LogP contribution in [0, 0.1) is 0 Å². The Kier molecular flexibility index (Phi) is 5.57. The first kappa shape index (κ1) is 15.0. The van der Waals surface area contributed by atoms with Crippen molar-refractivity contribution in [1.82, 2.24) is 10.3 Å². The van der Waals surface area contributed by atoms with E-state index in [-0.39, 0.29) is 0 Å². The second-order valence-corrected chi connectivity index (χ2v) is 5.32. The molecule has 20 heavy (non-hydrogen) atoms. The third kappa shape index (κ3) is 4.06. The van der Waals surface area contributed by atoms with Crippen LogP contribution in [0.2, 0.25) is 5.02 Å². The van der Waals surface area contributed by atoms with E-state index in [1.54, 1.807) is 0 Å². The van der Waals surface area contributed by atoms with Crippen molar-refractivity contribution in [2.75, 3.05) is 6.54 Å². The van der Waals surface area contributed by atoms with Gasteiger partial charge in [0.2, 0.25) is 0 Å². The molecule has 0 aliphatic heterocycles. The topological polar surface area (TPSA) is 24.9 Å². The molecule has 0 radical (unpaired) electrons. The Morgan fingerprint density at radius 2 is 1.95 bits per heavy atom. The summed E-state index contributed by atoms with van der Waals surface area (Å²) >= 11 is 6.12. The first-order valence-electron chi connectivity index (χ1n) is 7.14. The quantitative estimate of drug-likeness (QED) is 0.869. The number of aryl methyl sites for hydroxylation is 1. The van der Waals surface area contributed by atoms with Crippen LogP contribution in [-0.4, -0.2) is 11.5 Å². The normalized spacial score (nSPS) is 10.8. The van der Waals surface area contributed by atoms with Crippen molar-refractivity contribution in [1.29, 1.82) is 0 Å². The average Bonchev–Trinajstić information content (AvgIpc) is 2.47. The maximum Gasteiger partial charge on any atom is 0.0447 e. The lowest BCUT2D eigenvalue weighted by atomic mass is 10.0. The molecule has 1 N–H and O–H groups in total. The Balaban J connectivity index is 2.19. The van der Waals surface area contributed by atoms with E-state index in [0.29, 0.717) is 0 Å². The molecule has 0 bridgehead atoms. The molecule has 0 spiro atoms. The molecular formula is C17H21ClN2. The molecule has 0 unspecified atom stereocenters. The monoisotopic (exact) mass is 288 g/mol. The molecule has 1 aromatic carbocycles. The number of hydrogen-bond donors (Lipinski definition) is 1. The summed E-state index contributed by atoms with van der Waals surface area (Å²) in [6, 6.07) is 10.4. The molecule has 0 saturated heterocycles. The molecule has 1 aromatic heterocycles. The van der Waals surface area contributed by atoms with E-state index in [2.05, 4.69) is 42.3 Å². The molecule has 0 saturated carbocycles. The van der Waals surface area contributed by atoms with Crippen molar-refractivity contribution in [2.24, 2.45) is 0 Å². The molecule has 2 aromatic rings. The molecule has 106 valence electrons. The standard InChI is InChI=1S/C17H21ClN2/c1-3-13-5-8-17(20-11-13)10-15-9-16(18)7-6-14(15)12-19-4-2/h5-9,11,19H,3-4,10,12H2,1-2H3. The minimum Gasteiger partial charge on any atom is -0.313 e. The summed E-state index contributed by atoms with van der Waals surface area (Å²) in [7, 11) is 0. The largest absolute Gasteiger partial charge is 0.313 e. The van der Waals surface area contributed by atoms with E-state index in [0.717, 1.165) is 36.6 Å². The van der Waals surface area contributed by atoms with Gasteiger partial charge in [-0.25, -0.2) is 0 Å². The van der Waals surface area contributed by atoms with E-state index in [4.69, 9.17) is 11.6 Å². The van der Waals surface area contributed by atoms with Gasteiger partial charge in [0.15, 0.2) is 0 Å². The van der Waals surface area contributed by atoms with Crippen molar-refractivity contribution in [3.05, 3.63) is 63.9 Å². The lowest BCUT2D eigenvalue weighted by molar-refractivity contribution is 0.721. The zero-order valence-electron chi connectivity index (χ0n) is 12.1. The first-order valence-corrected chi connectivity index (χ1v) is 7.52. The number of nitrogens with one attached hydrogen (secondary N) is 1. The first-order chi connectivity index (χ1) is 9.72. The van der Waals surface area contributed by atoms with Gasteiger partial charge in [-0.05, 0) is 47.9 Å². The van der Waals surface area contributed by atoms with Crippen LogP contribution < -0.4 is 5.32 Å². The van der Waals surface area contributed by atoms with Crippen LogP contribution in [0.3, 0.4) is 0 Å². The fourth-order valence-corrected chi connectivity index (χ4v) is 2.35. The van der Waals surface area contributed by atoms with Crippen molar-refractivity contribution in [3.63, 3.8) is 0 Å². The van der Waals surface area contributed by atoms with Crippen molar-refractivity contribution in [3.8, 4) is 0 Å². The van der Waals surface area contributed by atoms with Gasteiger partial charge >= 0.3 is 0 Å². The van der Waals surface area contributed by atoms with Crippen molar-refractivity contribution >= 4 is 11.6 Å². The number of hydrogen-bond acceptors (Lipinski definition) is 2. The molecule has 0 fully saturated rings. The maximum absolute atomic E-state index is 6.12. The zero-order valence-corrected chi connectivity index (χ0v) is 12.9. The summed E-state index contributed by atoms with van der Waals surface area (Å²) in [5, 5.41) is 4.15. The summed E-state index contributed by atoms with van der Waals surface area (Å²) in [5.41, 5.74) is 4.89. The van der Waals surface area contributed by atoms with Crippen LogP contribution in [-0.2, 0) is 19.4 Å². The van der Waals surface area contributed by atoms with Crippen LogP contribution in [0.15, 0.2) is 36.5 Å². The third-order valence-electron chi connectivity index (χ3n) is 3.40. The van der Waals surface area contributed by atoms with E-state index >= 15 is 0 Å². The Labute approximate surface area is 126 Å². The molecule has 1 heterocycles. The van der Waals surface area contributed by atoms with Gasteiger partial charge in [-0.2, -0.15) is 0 Å². The molecule has 2 rings (SSSR count). The van der Waals surface area contributed by atoms with Gasteiger partial charge in [-0.3, -0.25) is 4.98 Å². The van der Waals surface area contributed by atoms with Crippen LogP contribution in [0.5, 0.6) is 0 Å². The summed E-state index contributed by atoms with van der Waals surface area (Å²) in [5.74, 6) is 0. The van der Waals surface area contributed by atoms with E-state index < -0.39 is 0 Å². The number of halogens is 1. The summed E-state index contributed by atoms with van der Waals surface area (Å²) in [6.07, 6.45) is 3.81. The van der Waals surface area contributed by atoms with E-state index in [9.17, 15) is 0 Å². The fourth-order valence-electron chi connectivity index (χ4n) is 2.16. The minimum absolute atomic E-state index is 0.783. The lowest BCUT2D eigenvalue weighted by Gasteiger charge is -2.11. The molecule has 2 nitrogen and oxygen atoms in total. The van der Waals surface area contributed by atoms with Crippen LogP contribution in [0.4, 0.5) is 0 Å². The Bertz CT molecular complexity index is 549. The van der Waals surface area contributed by atoms with Gasteiger partial charge in [-0.1, -0.05) is 37.6 Å². The predicted octanol–water partition coefficient (Wildman–Crippen LogP) is 4.00. The minimum atomic E-state index is 0.783. The molecular weight excluding hydrogens is 268 g/mol. The molecule has 3 heteroatoms.